The van der Waals surface area contributed by atoms with Crippen LogP contribution in [-0.2, 0) is 23.1 Å². The Hall–Kier alpha value is -3.11. The summed E-state index contributed by atoms with van der Waals surface area (Å²) in [6.45, 7) is -0.0734. The van der Waals surface area contributed by atoms with Crippen LogP contribution in [0.15, 0.2) is 87.6 Å². The van der Waals surface area contributed by atoms with Crippen LogP contribution in [0.25, 0.3) is 10.9 Å². The number of hydrogen-bond donors (Lipinski definition) is 2. The van der Waals surface area contributed by atoms with Crippen molar-refractivity contribution in [2.24, 2.45) is 5.16 Å². The van der Waals surface area contributed by atoms with E-state index in [0.717, 1.165) is 10.9 Å². The number of aliphatic hydroxyl groups excluding tert-OH is 1. The van der Waals surface area contributed by atoms with E-state index >= 15 is 0 Å². The van der Waals surface area contributed by atoms with Crippen molar-refractivity contribution in [1.29, 1.82) is 0 Å². The van der Waals surface area contributed by atoms with Crippen molar-refractivity contribution in [2.75, 3.05) is 6.54 Å². The molecule has 0 bridgehead atoms. The van der Waals surface area contributed by atoms with Gasteiger partial charge < -0.3 is 19.3 Å². The second kappa shape index (κ2) is 9.80. The highest BCUT2D eigenvalue weighted by Gasteiger charge is 2.28. The number of benzene rings is 2. The van der Waals surface area contributed by atoms with Gasteiger partial charge in [0.15, 0.2) is 0 Å². The summed E-state index contributed by atoms with van der Waals surface area (Å²) in [4.78, 5) is 0.0681. The SMILES string of the molecule is O=S(=O)(c1ccc(Cl)cc1)N(Cc1ccco1)CC(O)Cn1cc(C=NO)c2ccccc21. The maximum atomic E-state index is 13.3. The number of furan rings is 1. The lowest BCUT2D eigenvalue weighted by Gasteiger charge is -2.24. The molecule has 0 saturated carbocycles. The van der Waals surface area contributed by atoms with E-state index < -0.39 is 16.1 Å². The Kier molecular flexibility index (Phi) is 6.85. The molecule has 4 aromatic rings. The van der Waals surface area contributed by atoms with Crippen molar-refractivity contribution in [1.82, 2.24) is 8.87 Å². The number of nitrogens with zero attached hydrogens (tertiary/aromatic N) is 3. The third kappa shape index (κ3) is 5.12. The van der Waals surface area contributed by atoms with Crippen LogP contribution in [0, 0.1) is 0 Å². The Morgan fingerprint density at radius 3 is 2.58 bits per heavy atom. The van der Waals surface area contributed by atoms with Crippen molar-refractivity contribution < 1.29 is 23.1 Å². The molecule has 0 aliphatic rings. The number of halogens is 1. The van der Waals surface area contributed by atoms with Crippen LogP contribution < -0.4 is 0 Å². The Labute approximate surface area is 196 Å². The molecule has 33 heavy (non-hydrogen) atoms. The topological polar surface area (TPSA) is 108 Å². The van der Waals surface area contributed by atoms with E-state index in [4.69, 9.17) is 21.2 Å². The Bertz CT molecular complexity index is 1350. The first kappa shape index (κ1) is 23.1. The molecule has 2 aromatic carbocycles. The third-order valence-electron chi connectivity index (χ3n) is 5.20. The van der Waals surface area contributed by atoms with Crippen molar-refractivity contribution >= 4 is 38.7 Å². The molecule has 2 aromatic heterocycles. The minimum Gasteiger partial charge on any atom is -0.468 e. The zero-order chi connectivity index (χ0) is 23.4. The second-order valence-electron chi connectivity index (χ2n) is 7.48. The van der Waals surface area contributed by atoms with Gasteiger partial charge in [-0.05, 0) is 42.5 Å². The monoisotopic (exact) mass is 487 g/mol. The van der Waals surface area contributed by atoms with Gasteiger partial charge in [0.2, 0.25) is 10.0 Å². The Morgan fingerprint density at radius 2 is 1.88 bits per heavy atom. The number of hydrogen-bond acceptors (Lipinski definition) is 6. The number of rotatable bonds is 9. The fraction of sp³-hybridized carbons (Fsp3) is 0.174. The average molecular weight is 488 g/mol. The molecule has 0 saturated heterocycles. The van der Waals surface area contributed by atoms with E-state index in [9.17, 15) is 13.5 Å². The number of aromatic nitrogens is 1. The fourth-order valence-corrected chi connectivity index (χ4v) is 5.26. The highest BCUT2D eigenvalue weighted by molar-refractivity contribution is 7.89. The van der Waals surface area contributed by atoms with E-state index in [-0.39, 0.29) is 24.5 Å². The highest BCUT2D eigenvalue weighted by atomic mass is 35.5. The Balaban J connectivity index is 1.61. The molecule has 0 radical (unpaired) electrons. The number of oxime groups is 1. The zero-order valence-corrected chi connectivity index (χ0v) is 19.0. The summed E-state index contributed by atoms with van der Waals surface area (Å²) in [5, 5.41) is 24.2. The summed E-state index contributed by atoms with van der Waals surface area (Å²) in [7, 11) is -3.94. The van der Waals surface area contributed by atoms with Gasteiger partial charge in [-0.25, -0.2) is 8.42 Å². The van der Waals surface area contributed by atoms with Crippen molar-refractivity contribution in [2.45, 2.75) is 24.1 Å². The van der Waals surface area contributed by atoms with Crippen molar-refractivity contribution in [3.63, 3.8) is 0 Å². The van der Waals surface area contributed by atoms with Gasteiger partial charge in [0.05, 0.1) is 30.0 Å². The van der Waals surface area contributed by atoms with Crippen LogP contribution in [0.3, 0.4) is 0 Å². The maximum absolute atomic E-state index is 13.3. The van der Waals surface area contributed by atoms with Gasteiger partial charge in [0.25, 0.3) is 0 Å². The third-order valence-corrected chi connectivity index (χ3v) is 7.28. The van der Waals surface area contributed by atoms with E-state index in [2.05, 4.69) is 5.16 Å². The summed E-state index contributed by atoms with van der Waals surface area (Å²) in [6, 6.07) is 16.7. The summed E-state index contributed by atoms with van der Waals surface area (Å²) in [6.07, 6.45) is 3.50. The van der Waals surface area contributed by atoms with Crippen LogP contribution in [0.1, 0.15) is 11.3 Å². The number of fused-ring (bicyclic) bond motifs is 1. The number of para-hydroxylation sites is 1. The van der Waals surface area contributed by atoms with Crippen LogP contribution >= 0.6 is 11.6 Å². The molecule has 0 spiro atoms. The molecular weight excluding hydrogens is 466 g/mol. The molecule has 2 heterocycles. The van der Waals surface area contributed by atoms with Crippen LogP contribution in [0.4, 0.5) is 0 Å². The second-order valence-corrected chi connectivity index (χ2v) is 9.86. The van der Waals surface area contributed by atoms with E-state index in [1.165, 1.54) is 41.0 Å². The summed E-state index contributed by atoms with van der Waals surface area (Å²) >= 11 is 5.91. The smallest absolute Gasteiger partial charge is 0.243 e. The highest BCUT2D eigenvalue weighted by Crippen LogP contribution is 2.23. The minimum atomic E-state index is -3.94. The fourth-order valence-electron chi connectivity index (χ4n) is 3.69. The van der Waals surface area contributed by atoms with Gasteiger partial charge in [-0.3, -0.25) is 0 Å². The van der Waals surface area contributed by atoms with Gasteiger partial charge in [-0.15, -0.1) is 0 Å². The molecule has 0 amide bonds. The van der Waals surface area contributed by atoms with Gasteiger partial charge >= 0.3 is 0 Å². The molecule has 0 aliphatic carbocycles. The first-order valence-corrected chi connectivity index (χ1v) is 11.9. The predicted octanol–water partition coefficient (Wildman–Crippen LogP) is 3.95. The normalized spacial score (nSPS) is 13.3. The Morgan fingerprint density at radius 1 is 1.12 bits per heavy atom. The molecule has 172 valence electrons. The lowest BCUT2D eigenvalue weighted by atomic mass is 10.2. The minimum absolute atomic E-state index is 0.0378. The van der Waals surface area contributed by atoms with Gasteiger partial charge in [0, 0.05) is 40.8 Å². The lowest BCUT2D eigenvalue weighted by molar-refractivity contribution is 0.125. The lowest BCUT2D eigenvalue weighted by Crippen LogP contribution is -2.38. The van der Waals surface area contributed by atoms with Crippen LogP contribution in [-0.4, -0.2) is 46.5 Å². The molecular formula is C23H22ClN3O5S. The molecule has 4 rings (SSSR count). The standard InChI is InChI=1S/C23H22ClN3O5S/c24-18-7-9-21(10-8-18)33(30,31)27(16-20-4-3-11-32-20)15-19(28)14-26-13-17(12-25-29)22-5-1-2-6-23(22)26/h1-13,19,28-29H,14-16H2. The molecule has 1 unspecified atom stereocenters. The average Bonchev–Trinajstić information content (AvgIpc) is 3.42. The number of aliphatic hydroxyl groups is 1. The molecule has 0 fully saturated rings. The van der Waals surface area contributed by atoms with Crippen molar-refractivity contribution in [3.05, 3.63) is 89.5 Å². The van der Waals surface area contributed by atoms with Crippen LogP contribution in [0.2, 0.25) is 5.02 Å². The van der Waals surface area contributed by atoms with Gasteiger partial charge in [-0.2, -0.15) is 4.31 Å². The van der Waals surface area contributed by atoms with Gasteiger partial charge in [0.1, 0.15) is 5.76 Å². The van der Waals surface area contributed by atoms with E-state index in [1.54, 1.807) is 22.9 Å². The molecule has 1 atom stereocenters. The van der Waals surface area contributed by atoms with Crippen LogP contribution in [0.5, 0.6) is 0 Å². The largest absolute Gasteiger partial charge is 0.468 e. The molecule has 2 N–H and O–H groups in total. The maximum Gasteiger partial charge on any atom is 0.243 e. The summed E-state index contributed by atoms with van der Waals surface area (Å²) in [5.74, 6) is 0.451. The zero-order valence-electron chi connectivity index (χ0n) is 17.5. The molecule has 0 aliphatic heterocycles. The van der Waals surface area contributed by atoms with E-state index in [0.29, 0.717) is 16.3 Å². The number of sulfonamides is 1. The summed E-state index contributed by atoms with van der Waals surface area (Å²) < 4.78 is 35.0. The van der Waals surface area contributed by atoms with E-state index in [1.807, 2.05) is 24.3 Å². The van der Waals surface area contributed by atoms with Gasteiger partial charge in [-0.1, -0.05) is 35.0 Å². The quantitative estimate of drug-likeness (QED) is 0.211. The predicted molar refractivity (Wildman–Crippen MR) is 125 cm³/mol. The van der Waals surface area contributed by atoms with Crippen molar-refractivity contribution in [3.8, 4) is 0 Å². The molecule has 8 nitrogen and oxygen atoms in total. The first-order chi connectivity index (χ1) is 15.9. The first-order valence-electron chi connectivity index (χ1n) is 10.1. The summed E-state index contributed by atoms with van der Waals surface area (Å²) in [5.41, 5.74) is 1.51. The molecule has 10 heteroatoms.